The molecule has 1 amide bonds. The Morgan fingerprint density at radius 3 is 3.12 bits per heavy atom. The highest BCUT2D eigenvalue weighted by molar-refractivity contribution is 7.07. The SMILES string of the molecule is Nc1ccncc1C(=O)NCCc1cscn1. The van der Waals surface area contributed by atoms with Crippen molar-refractivity contribution in [2.75, 3.05) is 12.3 Å². The highest BCUT2D eigenvalue weighted by Crippen LogP contribution is 2.08. The van der Waals surface area contributed by atoms with Crippen LogP contribution in [0.1, 0.15) is 16.1 Å². The standard InChI is InChI=1S/C11H12N4OS/c12-10-2-3-13-5-9(10)11(16)14-4-1-8-6-17-7-15-8/h2-3,5-7H,1,4H2,(H2,12,13)(H,14,16). The van der Waals surface area contributed by atoms with E-state index in [0.29, 0.717) is 17.8 Å². The molecular formula is C11H12N4OS. The Hall–Kier alpha value is -1.95. The molecule has 17 heavy (non-hydrogen) atoms. The average molecular weight is 248 g/mol. The predicted molar refractivity (Wildman–Crippen MR) is 66.8 cm³/mol. The molecule has 0 radical (unpaired) electrons. The van der Waals surface area contributed by atoms with Crippen LogP contribution in [0, 0.1) is 0 Å². The second-order valence-corrected chi connectivity index (χ2v) is 4.17. The Balaban J connectivity index is 1.88. The highest BCUT2D eigenvalue weighted by Gasteiger charge is 2.08. The van der Waals surface area contributed by atoms with Crippen LogP contribution in [0.3, 0.4) is 0 Å². The maximum Gasteiger partial charge on any atom is 0.254 e. The number of hydrogen-bond donors (Lipinski definition) is 2. The van der Waals surface area contributed by atoms with Gasteiger partial charge in [0.05, 0.1) is 16.8 Å². The third kappa shape index (κ3) is 3.01. The largest absolute Gasteiger partial charge is 0.398 e. The van der Waals surface area contributed by atoms with Gasteiger partial charge in [-0.2, -0.15) is 0 Å². The summed E-state index contributed by atoms with van der Waals surface area (Å²) in [5.74, 6) is -0.203. The van der Waals surface area contributed by atoms with Gasteiger partial charge in [0.25, 0.3) is 5.91 Å². The minimum absolute atomic E-state index is 0.203. The molecule has 88 valence electrons. The first-order valence-corrected chi connectivity index (χ1v) is 6.06. The number of nitrogen functional groups attached to an aromatic ring is 1. The fraction of sp³-hybridized carbons (Fsp3) is 0.182. The fourth-order valence-corrected chi connectivity index (χ4v) is 1.95. The second kappa shape index (κ2) is 5.40. The molecule has 0 unspecified atom stereocenters. The van der Waals surface area contributed by atoms with Crippen LogP contribution in [-0.4, -0.2) is 22.4 Å². The van der Waals surface area contributed by atoms with E-state index >= 15 is 0 Å². The van der Waals surface area contributed by atoms with Crippen LogP contribution in [0.2, 0.25) is 0 Å². The van der Waals surface area contributed by atoms with Gasteiger partial charge in [-0.05, 0) is 6.07 Å². The van der Waals surface area contributed by atoms with Crippen LogP contribution < -0.4 is 11.1 Å². The van der Waals surface area contributed by atoms with Crippen LogP contribution in [0.25, 0.3) is 0 Å². The number of carbonyl (C=O) groups is 1. The molecule has 3 N–H and O–H groups in total. The van der Waals surface area contributed by atoms with Gasteiger partial charge in [-0.1, -0.05) is 0 Å². The summed E-state index contributed by atoms with van der Waals surface area (Å²) in [5.41, 5.74) is 9.28. The molecule has 5 nitrogen and oxygen atoms in total. The van der Waals surface area contributed by atoms with Gasteiger partial charge in [-0.25, -0.2) is 4.98 Å². The molecule has 0 bridgehead atoms. The number of amides is 1. The van der Waals surface area contributed by atoms with Gasteiger partial charge in [-0.15, -0.1) is 11.3 Å². The number of anilines is 1. The zero-order valence-electron chi connectivity index (χ0n) is 9.09. The Labute approximate surface area is 103 Å². The first kappa shape index (κ1) is 11.5. The summed E-state index contributed by atoms with van der Waals surface area (Å²) in [7, 11) is 0. The third-order valence-corrected chi connectivity index (χ3v) is 2.88. The van der Waals surface area contributed by atoms with Crippen molar-refractivity contribution in [3.8, 4) is 0 Å². The van der Waals surface area contributed by atoms with E-state index in [4.69, 9.17) is 5.73 Å². The third-order valence-electron chi connectivity index (χ3n) is 2.25. The number of nitrogens with one attached hydrogen (secondary N) is 1. The summed E-state index contributed by atoms with van der Waals surface area (Å²) in [5, 5.41) is 4.75. The van der Waals surface area contributed by atoms with Crippen molar-refractivity contribution < 1.29 is 4.79 Å². The average Bonchev–Trinajstić information content (AvgIpc) is 2.82. The van der Waals surface area contributed by atoms with Crippen LogP contribution in [-0.2, 0) is 6.42 Å². The fourth-order valence-electron chi connectivity index (χ4n) is 1.36. The summed E-state index contributed by atoms with van der Waals surface area (Å²) in [6, 6.07) is 1.61. The lowest BCUT2D eigenvalue weighted by Gasteiger charge is -2.05. The molecule has 0 saturated carbocycles. The molecule has 2 aromatic rings. The molecule has 0 aliphatic rings. The lowest BCUT2D eigenvalue weighted by atomic mass is 10.2. The smallest absolute Gasteiger partial charge is 0.254 e. The van der Waals surface area contributed by atoms with E-state index in [1.807, 2.05) is 5.38 Å². The van der Waals surface area contributed by atoms with Crippen molar-refractivity contribution in [2.24, 2.45) is 0 Å². The Bertz CT molecular complexity index is 498. The molecule has 0 aliphatic heterocycles. The van der Waals surface area contributed by atoms with Crippen molar-refractivity contribution in [2.45, 2.75) is 6.42 Å². The molecule has 0 atom stereocenters. The molecule has 0 aromatic carbocycles. The molecule has 0 fully saturated rings. The molecule has 6 heteroatoms. The number of thiazole rings is 1. The number of nitrogens with two attached hydrogens (primary N) is 1. The topological polar surface area (TPSA) is 80.9 Å². The van der Waals surface area contributed by atoms with Gasteiger partial charge in [-0.3, -0.25) is 9.78 Å². The van der Waals surface area contributed by atoms with E-state index in [0.717, 1.165) is 12.1 Å². The Morgan fingerprint density at radius 1 is 1.53 bits per heavy atom. The van der Waals surface area contributed by atoms with Crippen molar-refractivity contribution in [3.63, 3.8) is 0 Å². The molecule has 2 heterocycles. The maximum atomic E-state index is 11.7. The summed E-state index contributed by atoms with van der Waals surface area (Å²) < 4.78 is 0. The van der Waals surface area contributed by atoms with Gasteiger partial charge in [0.2, 0.25) is 0 Å². The predicted octanol–water partition coefficient (Wildman–Crippen LogP) is 1.09. The van der Waals surface area contributed by atoms with Crippen LogP contribution in [0.5, 0.6) is 0 Å². The van der Waals surface area contributed by atoms with Gasteiger partial charge in [0.1, 0.15) is 0 Å². The van der Waals surface area contributed by atoms with E-state index < -0.39 is 0 Å². The van der Waals surface area contributed by atoms with Gasteiger partial charge in [0, 0.05) is 36.4 Å². The summed E-state index contributed by atoms with van der Waals surface area (Å²) >= 11 is 1.54. The zero-order chi connectivity index (χ0) is 12.1. The first-order chi connectivity index (χ1) is 8.27. The number of aromatic nitrogens is 2. The lowest BCUT2D eigenvalue weighted by Crippen LogP contribution is -2.26. The molecular weight excluding hydrogens is 236 g/mol. The number of rotatable bonds is 4. The van der Waals surface area contributed by atoms with Gasteiger partial charge < -0.3 is 11.1 Å². The van der Waals surface area contributed by atoms with Crippen LogP contribution in [0.15, 0.2) is 29.4 Å². The minimum Gasteiger partial charge on any atom is -0.398 e. The molecule has 0 spiro atoms. The second-order valence-electron chi connectivity index (χ2n) is 3.45. The molecule has 0 saturated heterocycles. The Morgan fingerprint density at radius 2 is 2.41 bits per heavy atom. The quantitative estimate of drug-likeness (QED) is 0.848. The summed E-state index contributed by atoms with van der Waals surface area (Å²) in [6.07, 6.45) is 3.74. The number of pyridine rings is 1. The zero-order valence-corrected chi connectivity index (χ0v) is 9.91. The van der Waals surface area contributed by atoms with Crippen LogP contribution in [0.4, 0.5) is 5.69 Å². The van der Waals surface area contributed by atoms with E-state index in [1.54, 1.807) is 29.1 Å². The number of hydrogen-bond acceptors (Lipinski definition) is 5. The van der Waals surface area contributed by atoms with E-state index in [1.165, 1.54) is 6.20 Å². The normalized spacial score (nSPS) is 10.1. The van der Waals surface area contributed by atoms with E-state index in [2.05, 4.69) is 15.3 Å². The summed E-state index contributed by atoms with van der Waals surface area (Å²) in [4.78, 5) is 19.8. The van der Waals surface area contributed by atoms with Crippen molar-refractivity contribution in [3.05, 3.63) is 40.6 Å². The minimum atomic E-state index is -0.203. The van der Waals surface area contributed by atoms with Crippen molar-refractivity contribution in [1.82, 2.24) is 15.3 Å². The molecule has 2 aromatic heterocycles. The lowest BCUT2D eigenvalue weighted by molar-refractivity contribution is 0.0954. The molecule has 0 aliphatic carbocycles. The van der Waals surface area contributed by atoms with Gasteiger partial charge >= 0.3 is 0 Å². The summed E-state index contributed by atoms with van der Waals surface area (Å²) in [6.45, 7) is 0.539. The van der Waals surface area contributed by atoms with E-state index in [-0.39, 0.29) is 5.91 Å². The Kier molecular flexibility index (Phi) is 3.66. The van der Waals surface area contributed by atoms with Gasteiger partial charge in [0.15, 0.2) is 0 Å². The van der Waals surface area contributed by atoms with Crippen molar-refractivity contribution in [1.29, 1.82) is 0 Å². The number of nitrogens with zero attached hydrogens (tertiary/aromatic N) is 2. The van der Waals surface area contributed by atoms with E-state index in [9.17, 15) is 4.79 Å². The number of carbonyl (C=O) groups excluding carboxylic acids is 1. The molecule has 2 rings (SSSR count). The first-order valence-electron chi connectivity index (χ1n) is 5.12. The maximum absolute atomic E-state index is 11.7. The monoisotopic (exact) mass is 248 g/mol. The van der Waals surface area contributed by atoms with Crippen LogP contribution >= 0.6 is 11.3 Å². The highest BCUT2D eigenvalue weighted by atomic mass is 32.1. The van der Waals surface area contributed by atoms with Crippen molar-refractivity contribution >= 4 is 22.9 Å².